The lowest BCUT2D eigenvalue weighted by molar-refractivity contribution is 0.572. The van der Waals surface area contributed by atoms with Gasteiger partial charge in [-0.05, 0) is 36.6 Å². The normalized spacial score (nSPS) is 12.9. The Morgan fingerprint density at radius 3 is 2.64 bits per heavy atom. The Hall–Kier alpha value is -2.69. The molecule has 28 heavy (non-hydrogen) atoms. The number of primary sulfonamides is 1. The summed E-state index contributed by atoms with van der Waals surface area (Å²) >= 11 is 0. The molecule has 0 amide bonds. The van der Waals surface area contributed by atoms with E-state index in [-0.39, 0.29) is 23.1 Å². The number of hydrogen-bond acceptors (Lipinski definition) is 3. The Bertz CT molecular complexity index is 1210. The predicted molar refractivity (Wildman–Crippen MR) is 107 cm³/mol. The molecule has 7 heteroatoms. The number of fused-ring (bicyclic) bond motifs is 1. The van der Waals surface area contributed by atoms with E-state index in [9.17, 15) is 12.8 Å². The number of sulfonamides is 1. The standard InChI is InChI=1S/C21H22FN3O2S/c1-13-9-14(2)21(28(24,26)27)18(10-13)15(3)11-25-12-16(7-8-23)17-5-4-6-19(22)20(17)25/h4-6,9-10,12,15H,7,11H2,1-3H3,(H2,24,26,27)/t15-/m1/s1. The molecule has 0 aliphatic rings. The van der Waals surface area contributed by atoms with Crippen LogP contribution in [-0.4, -0.2) is 13.0 Å². The van der Waals surface area contributed by atoms with Crippen LogP contribution < -0.4 is 5.14 Å². The molecule has 3 rings (SSSR count). The number of aryl methyl sites for hydroxylation is 2. The third kappa shape index (κ3) is 3.66. The summed E-state index contributed by atoms with van der Waals surface area (Å²) in [6, 6.07) is 10.5. The van der Waals surface area contributed by atoms with Gasteiger partial charge in [-0.1, -0.05) is 36.8 Å². The Morgan fingerprint density at radius 1 is 1.29 bits per heavy atom. The Labute approximate surface area is 164 Å². The Kier molecular flexibility index (Phi) is 5.28. The summed E-state index contributed by atoms with van der Waals surface area (Å²) in [6.45, 7) is 5.86. The van der Waals surface area contributed by atoms with E-state index in [4.69, 9.17) is 10.4 Å². The van der Waals surface area contributed by atoms with Gasteiger partial charge in [0.15, 0.2) is 0 Å². The van der Waals surface area contributed by atoms with E-state index in [1.165, 1.54) is 6.07 Å². The molecule has 2 aromatic carbocycles. The van der Waals surface area contributed by atoms with Gasteiger partial charge in [0.05, 0.1) is 22.9 Å². The fourth-order valence-electron chi connectivity index (χ4n) is 3.89. The molecule has 146 valence electrons. The van der Waals surface area contributed by atoms with E-state index in [2.05, 4.69) is 6.07 Å². The van der Waals surface area contributed by atoms with E-state index >= 15 is 0 Å². The smallest absolute Gasteiger partial charge is 0.238 e. The Balaban J connectivity index is 2.13. The van der Waals surface area contributed by atoms with Crippen LogP contribution in [0.25, 0.3) is 10.9 Å². The average molecular weight is 399 g/mol. The van der Waals surface area contributed by atoms with Crippen molar-refractivity contribution >= 4 is 20.9 Å². The zero-order valence-corrected chi connectivity index (χ0v) is 16.8. The van der Waals surface area contributed by atoms with Crippen LogP contribution >= 0.6 is 0 Å². The molecule has 1 aromatic heterocycles. The largest absolute Gasteiger partial charge is 0.344 e. The Morgan fingerprint density at radius 2 is 2.00 bits per heavy atom. The van der Waals surface area contributed by atoms with Crippen molar-refractivity contribution in [3.8, 4) is 6.07 Å². The van der Waals surface area contributed by atoms with Crippen LogP contribution in [0.1, 0.15) is 35.1 Å². The summed E-state index contributed by atoms with van der Waals surface area (Å²) in [5, 5.41) is 15.2. The molecule has 3 aromatic rings. The van der Waals surface area contributed by atoms with Gasteiger partial charge < -0.3 is 4.57 Å². The molecular formula is C21H22FN3O2S. The quantitative estimate of drug-likeness (QED) is 0.705. The minimum absolute atomic E-state index is 0.125. The van der Waals surface area contributed by atoms with E-state index in [0.717, 1.165) is 11.1 Å². The number of nitriles is 1. The van der Waals surface area contributed by atoms with Gasteiger partial charge in [-0.2, -0.15) is 5.26 Å². The maximum Gasteiger partial charge on any atom is 0.238 e. The highest BCUT2D eigenvalue weighted by molar-refractivity contribution is 7.89. The third-order valence-electron chi connectivity index (χ3n) is 4.93. The molecule has 1 heterocycles. The SMILES string of the molecule is Cc1cc(C)c(S(N)(=O)=O)c([C@H](C)Cn2cc(CC#N)c3cccc(F)c32)c1. The van der Waals surface area contributed by atoms with Crippen LogP contribution in [0.2, 0.25) is 0 Å². The number of rotatable bonds is 5. The van der Waals surface area contributed by atoms with Gasteiger partial charge in [-0.15, -0.1) is 0 Å². The topological polar surface area (TPSA) is 88.9 Å². The third-order valence-corrected chi connectivity index (χ3v) is 6.06. The minimum atomic E-state index is -3.90. The number of halogens is 1. The van der Waals surface area contributed by atoms with Crippen molar-refractivity contribution in [1.82, 2.24) is 4.57 Å². The summed E-state index contributed by atoms with van der Waals surface area (Å²) < 4.78 is 40.6. The number of aromatic nitrogens is 1. The lowest BCUT2D eigenvalue weighted by atomic mass is 9.96. The van der Waals surface area contributed by atoms with Crippen molar-refractivity contribution in [3.05, 3.63) is 64.6 Å². The summed E-state index contributed by atoms with van der Waals surface area (Å²) in [7, 11) is -3.90. The second kappa shape index (κ2) is 7.38. The first-order valence-corrected chi connectivity index (χ1v) is 10.4. The first-order valence-electron chi connectivity index (χ1n) is 8.90. The van der Waals surface area contributed by atoms with Crippen LogP contribution in [0.15, 0.2) is 41.4 Å². The number of hydrogen-bond donors (Lipinski definition) is 1. The maximum absolute atomic E-state index is 14.5. The molecule has 2 N–H and O–H groups in total. The van der Waals surface area contributed by atoms with E-state index < -0.39 is 10.0 Å². The van der Waals surface area contributed by atoms with E-state index in [1.54, 1.807) is 35.9 Å². The molecule has 5 nitrogen and oxygen atoms in total. The van der Waals surface area contributed by atoms with E-state index in [1.807, 2.05) is 19.9 Å². The highest BCUT2D eigenvalue weighted by Crippen LogP contribution is 2.31. The van der Waals surface area contributed by atoms with Crippen LogP contribution in [0.5, 0.6) is 0 Å². The second-order valence-corrected chi connectivity index (χ2v) is 8.72. The highest BCUT2D eigenvalue weighted by atomic mass is 32.2. The van der Waals surface area contributed by atoms with Gasteiger partial charge in [0, 0.05) is 24.0 Å². The number of para-hydroxylation sites is 1. The summed E-state index contributed by atoms with van der Waals surface area (Å²) in [4.78, 5) is 0.125. The average Bonchev–Trinajstić information content (AvgIpc) is 2.92. The van der Waals surface area contributed by atoms with Gasteiger partial charge in [0.25, 0.3) is 0 Å². The lowest BCUT2D eigenvalue weighted by Crippen LogP contribution is -2.19. The minimum Gasteiger partial charge on any atom is -0.344 e. The molecule has 0 spiro atoms. The molecule has 1 atom stereocenters. The summed E-state index contributed by atoms with van der Waals surface area (Å²) in [6.07, 6.45) is 1.94. The van der Waals surface area contributed by atoms with Crippen molar-refractivity contribution in [2.24, 2.45) is 5.14 Å². The zero-order valence-electron chi connectivity index (χ0n) is 16.0. The predicted octanol–water partition coefficient (Wildman–Crippen LogP) is 3.91. The maximum atomic E-state index is 14.5. The monoisotopic (exact) mass is 399 g/mol. The molecule has 0 bridgehead atoms. The van der Waals surface area contributed by atoms with Crippen LogP contribution in [-0.2, 0) is 23.0 Å². The lowest BCUT2D eigenvalue weighted by Gasteiger charge is -2.19. The fraction of sp³-hybridized carbons (Fsp3) is 0.286. The number of benzene rings is 2. The van der Waals surface area contributed by atoms with Gasteiger partial charge in [-0.25, -0.2) is 17.9 Å². The van der Waals surface area contributed by atoms with Gasteiger partial charge in [-0.3, -0.25) is 0 Å². The van der Waals surface area contributed by atoms with Crippen molar-refractivity contribution in [2.75, 3.05) is 0 Å². The second-order valence-electron chi connectivity index (χ2n) is 7.22. The van der Waals surface area contributed by atoms with Crippen molar-refractivity contribution in [2.45, 2.75) is 44.6 Å². The molecule has 0 aliphatic carbocycles. The van der Waals surface area contributed by atoms with Gasteiger partial charge in [0.2, 0.25) is 10.0 Å². The molecule has 0 aliphatic heterocycles. The molecule has 0 saturated heterocycles. The summed E-state index contributed by atoms with van der Waals surface area (Å²) in [5.41, 5.74) is 3.30. The molecular weight excluding hydrogens is 377 g/mol. The van der Waals surface area contributed by atoms with Crippen molar-refractivity contribution in [1.29, 1.82) is 5.26 Å². The number of nitrogens with two attached hydrogens (primary N) is 1. The highest BCUT2D eigenvalue weighted by Gasteiger charge is 2.23. The zero-order chi connectivity index (χ0) is 20.6. The van der Waals surface area contributed by atoms with Crippen molar-refractivity contribution in [3.63, 3.8) is 0 Å². The summed E-state index contributed by atoms with van der Waals surface area (Å²) in [5.74, 6) is -0.613. The van der Waals surface area contributed by atoms with Gasteiger partial charge >= 0.3 is 0 Å². The number of nitrogens with zero attached hydrogens (tertiary/aromatic N) is 2. The molecule has 0 saturated carbocycles. The molecule has 0 fully saturated rings. The van der Waals surface area contributed by atoms with Crippen LogP contribution in [0, 0.1) is 31.0 Å². The molecule has 0 unspecified atom stereocenters. The van der Waals surface area contributed by atoms with Gasteiger partial charge in [0.1, 0.15) is 5.82 Å². The first-order chi connectivity index (χ1) is 13.1. The first kappa shape index (κ1) is 20.1. The fourth-order valence-corrected chi connectivity index (χ4v) is 4.99. The molecule has 0 radical (unpaired) electrons. The van der Waals surface area contributed by atoms with E-state index in [0.29, 0.717) is 28.6 Å². The van der Waals surface area contributed by atoms with Crippen LogP contribution in [0.3, 0.4) is 0 Å². The van der Waals surface area contributed by atoms with Crippen molar-refractivity contribution < 1.29 is 12.8 Å². The van der Waals surface area contributed by atoms with Crippen LogP contribution in [0.4, 0.5) is 4.39 Å².